The van der Waals surface area contributed by atoms with Crippen molar-refractivity contribution in [3.63, 3.8) is 0 Å². The van der Waals surface area contributed by atoms with Gasteiger partial charge in [0.2, 0.25) is 0 Å². The van der Waals surface area contributed by atoms with E-state index in [0.29, 0.717) is 19.3 Å². The number of unbranched alkanes of at least 4 members (excludes halogenated alkanes) is 8. The highest BCUT2D eigenvalue weighted by atomic mass is 16.5. The van der Waals surface area contributed by atoms with Crippen LogP contribution in [0, 0.1) is 0 Å². The molecule has 24 heavy (non-hydrogen) atoms. The lowest BCUT2D eigenvalue weighted by Gasteiger charge is -2.23. The first-order valence-electron chi connectivity index (χ1n) is 9.63. The second-order valence-corrected chi connectivity index (χ2v) is 6.71. The van der Waals surface area contributed by atoms with Gasteiger partial charge in [0, 0.05) is 6.42 Å². The number of carbonyl (C=O) groups is 1. The Bertz CT molecular complexity index is 295. The number of carbonyl (C=O) groups excluding carboxylic acids is 1. The molecule has 0 radical (unpaired) electrons. The molecule has 0 amide bonds. The quantitative estimate of drug-likeness (QED) is 0.295. The number of hydrogen-bond donors (Lipinski definition) is 3. The van der Waals surface area contributed by atoms with E-state index in [1.807, 2.05) is 0 Å². The lowest BCUT2D eigenvalue weighted by atomic mass is 9.97. The van der Waals surface area contributed by atoms with Crippen LogP contribution >= 0.6 is 0 Å². The Morgan fingerprint density at radius 3 is 1.75 bits per heavy atom. The van der Waals surface area contributed by atoms with Crippen LogP contribution in [-0.2, 0) is 9.53 Å². The molecule has 0 aliphatic rings. The molecule has 0 aromatic rings. The van der Waals surface area contributed by atoms with Gasteiger partial charge in [-0.3, -0.25) is 4.79 Å². The number of ether oxygens (including phenoxy) is 1. The highest BCUT2D eigenvalue weighted by molar-refractivity contribution is 5.68. The second kappa shape index (κ2) is 15.9. The van der Waals surface area contributed by atoms with E-state index >= 15 is 0 Å². The van der Waals surface area contributed by atoms with Crippen molar-refractivity contribution in [3.8, 4) is 0 Å². The minimum atomic E-state index is -1.05. The molecule has 0 fully saturated rings. The van der Waals surface area contributed by atoms with Crippen molar-refractivity contribution >= 4 is 5.97 Å². The van der Waals surface area contributed by atoms with Crippen molar-refractivity contribution < 1.29 is 24.9 Å². The maximum atomic E-state index is 10.9. The Labute approximate surface area is 147 Å². The van der Waals surface area contributed by atoms with E-state index in [9.17, 15) is 20.1 Å². The number of esters is 1. The van der Waals surface area contributed by atoms with Gasteiger partial charge in [0.05, 0.1) is 19.3 Å². The van der Waals surface area contributed by atoms with Gasteiger partial charge in [-0.25, -0.2) is 0 Å². The molecule has 5 nitrogen and oxygen atoms in total. The van der Waals surface area contributed by atoms with Crippen LogP contribution in [0.1, 0.15) is 90.4 Å². The SMILES string of the molecule is CCCCCCCC(O)C(O)C(O)CCCCCCCC(=O)OC. The topological polar surface area (TPSA) is 87.0 Å². The molecule has 0 spiro atoms. The van der Waals surface area contributed by atoms with E-state index < -0.39 is 18.3 Å². The molecular weight excluding hydrogens is 308 g/mol. The zero-order valence-corrected chi connectivity index (χ0v) is 15.6. The number of methoxy groups -OCH3 is 1. The molecule has 0 saturated carbocycles. The summed E-state index contributed by atoms with van der Waals surface area (Å²) in [6.45, 7) is 2.16. The predicted octanol–water partition coefficient (Wildman–Crippen LogP) is 3.33. The van der Waals surface area contributed by atoms with Crippen LogP contribution in [0.15, 0.2) is 0 Å². The van der Waals surface area contributed by atoms with Gasteiger partial charge in [0.1, 0.15) is 6.10 Å². The Morgan fingerprint density at radius 1 is 0.792 bits per heavy atom. The lowest BCUT2D eigenvalue weighted by molar-refractivity contribution is -0.140. The fourth-order valence-electron chi connectivity index (χ4n) is 2.81. The number of aliphatic hydroxyl groups excluding tert-OH is 3. The van der Waals surface area contributed by atoms with Crippen LogP contribution in [0.2, 0.25) is 0 Å². The molecule has 3 unspecified atom stereocenters. The first-order valence-corrected chi connectivity index (χ1v) is 9.63. The van der Waals surface area contributed by atoms with Gasteiger partial charge in [0.15, 0.2) is 0 Å². The van der Waals surface area contributed by atoms with E-state index in [1.165, 1.54) is 20.0 Å². The van der Waals surface area contributed by atoms with Crippen LogP contribution in [0.4, 0.5) is 0 Å². The van der Waals surface area contributed by atoms with Crippen molar-refractivity contribution in [1.29, 1.82) is 0 Å². The summed E-state index contributed by atoms with van der Waals surface area (Å²) in [6, 6.07) is 0. The Kier molecular flexibility index (Phi) is 15.4. The van der Waals surface area contributed by atoms with Gasteiger partial charge in [-0.1, -0.05) is 64.7 Å². The van der Waals surface area contributed by atoms with Crippen molar-refractivity contribution in [2.45, 2.75) is 109 Å². The van der Waals surface area contributed by atoms with E-state index in [2.05, 4.69) is 11.7 Å². The first-order chi connectivity index (χ1) is 11.5. The van der Waals surface area contributed by atoms with Crippen molar-refractivity contribution in [2.75, 3.05) is 7.11 Å². The summed E-state index contributed by atoms with van der Waals surface area (Å²) in [5, 5.41) is 29.9. The summed E-state index contributed by atoms with van der Waals surface area (Å²) in [4.78, 5) is 10.9. The van der Waals surface area contributed by atoms with Gasteiger partial charge >= 0.3 is 5.97 Å². The van der Waals surface area contributed by atoms with Gasteiger partial charge in [-0.15, -0.1) is 0 Å². The van der Waals surface area contributed by atoms with Crippen molar-refractivity contribution in [1.82, 2.24) is 0 Å². The van der Waals surface area contributed by atoms with E-state index in [1.54, 1.807) is 0 Å². The molecule has 0 aromatic carbocycles. The molecule has 0 aliphatic carbocycles. The van der Waals surface area contributed by atoms with Gasteiger partial charge < -0.3 is 20.1 Å². The summed E-state index contributed by atoms with van der Waals surface area (Å²) >= 11 is 0. The Hall–Kier alpha value is -0.650. The standard InChI is InChI=1S/C19H38O5/c1-3-4-5-7-10-13-16(20)19(23)17(21)14-11-8-6-9-12-15-18(22)24-2/h16-17,19-21,23H,3-15H2,1-2H3. The smallest absolute Gasteiger partial charge is 0.305 e. The van der Waals surface area contributed by atoms with E-state index in [4.69, 9.17) is 0 Å². The molecule has 144 valence electrons. The van der Waals surface area contributed by atoms with E-state index in [-0.39, 0.29) is 5.97 Å². The third-order valence-electron chi connectivity index (χ3n) is 4.50. The third kappa shape index (κ3) is 12.7. The van der Waals surface area contributed by atoms with Gasteiger partial charge in [-0.05, 0) is 19.3 Å². The fourth-order valence-corrected chi connectivity index (χ4v) is 2.81. The zero-order valence-electron chi connectivity index (χ0n) is 15.6. The van der Waals surface area contributed by atoms with Crippen LogP contribution < -0.4 is 0 Å². The number of aliphatic hydroxyl groups is 3. The average molecular weight is 347 g/mol. The van der Waals surface area contributed by atoms with Crippen LogP contribution in [0.5, 0.6) is 0 Å². The van der Waals surface area contributed by atoms with E-state index in [0.717, 1.165) is 51.4 Å². The summed E-state index contributed by atoms with van der Waals surface area (Å²) < 4.78 is 4.58. The van der Waals surface area contributed by atoms with Gasteiger partial charge in [-0.2, -0.15) is 0 Å². The second-order valence-electron chi connectivity index (χ2n) is 6.71. The summed E-state index contributed by atoms with van der Waals surface area (Å²) in [6.07, 6.45) is 8.88. The molecule has 0 aromatic heterocycles. The van der Waals surface area contributed by atoms with Gasteiger partial charge in [0.25, 0.3) is 0 Å². The van der Waals surface area contributed by atoms with Crippen molar-refractivity contribution in [2.24, 2.45) is 0 Å². The molecule has 0 bridgehead atoms. The maximum Gasteiger partial charge on any atom is 0.305 e. The molecule has 0 heterocycles. The minimum Gasteiger partial charge on any atom is -0.469 e. The Balaban J connectivity index is 3.60. The van der Waals surface area contributed by atoms with Crippen LogP contribution in [0.3, 0.4) is 0 Å². The summed E-state index contributed by atoms with van der Waals surface area (Å²) in [5.41, 5.74) is 0. The monoisotopic (exact) mass is 346 g/mol. The van der Waals surface area contributed by atoms with Crippen LogP contribution in [0.25, 0.3) is 0 Å². The molecule has 3 atom stereocenters. The molecule has 5 heteroatoms. The molecule has 0 aliphatic heterocycles. The average Bonchev–Trinajstić information content (AvgIpc) is 2.59. The predicted molar refractivity (Wildman–Crippen MR) is 95.7 cm³/mol. The largest absolute Gasteiger partial charge is 0.469 e. The van der Waals surface area contributed by atoms with Crippen LogP contribution in [-0.4, -0.2) is 46.7 Å². The first kappa shape index (κ1) is 23.4. The summed E-state index contributed by atoms with van der Waals surface area (Å²) in [5.74, 6) is -0.169. The minimum absolute atomic E-state index is 0.169. The molecule has 3 N–H and O–H groups in total. The normalized spacial score (nSPS) is 15.0. The maximum absolute atomic E-state index is 10.9. The highest BCUT2D eigenvalue weighted by Gasteiger charge is 2.23. The zero-order chi connectivity index (χ0) is 18.2. The molecule has 0 rings (SSSR count). The fraction of sp³-hybridized carbons (Fsp3) is 0.947. The number of hydrogen-bond acceptors (Lipinski definition) is 5. The lowest BCUT2D eigenvalue weighted by Crippen LogP contribution is -2.37. The van der Waals surface area contributed by atoms with Crippen molar-refractivity contribution in [3.05, 3.63) is 0 Å². The Morgan fingerprint density at radius 2 is 1.25 bits per heavy atom. The molecular formula is C19H38O5. The summed E-state index contributed by atoms with van der Waals surface area (Å²) in [7, 11) is 1.40. The third-order valence-corrected chi connectivity index (χ3v) is 4.50. The molecule has 0 saturated heterocycles. The highest BCUT2D eigenvalue weighted by Crippen LogP contribution is 2.15. The number of rotatable bonds is 16.